The number of anilines is 2. The fourth-order valence-corrected chi connectivity index (χ4v) is 2.41. The summed E-state index contributed by atoms with van der Waals surface area (Å²) in [6, 6.07) is 9.76. The summed E-state index contributed by atoms with van der Waals surface area (Å²) in [5.41, 5.74) is 0.816. The van der Waals surface area contributed by atoms with Gasteiger partial charge < -0.3 is 15.2 Å². The van der Waals surface area contributed by atoms with Crippen LogP contribution < -0.4 is 10.6 Å². The molecule has 3 aromatic rings. The molecule has 1 aromatic carbocycles. The number of halogens is 1. The van der Waals surface area contributed by atoms with E-state index in [1.807, 2.05) is 0 Å². The first-order valence-corrected chi connectivity index (χ1v) is 8.09. The summed E-state index contributed by atoms with van der Waals surface area (Å²) in [5, 5.41) is 9.42. The molecule has 0 radical (unpaired) electrons. The molecule has 8 heteroatoms. The highest BCUT2D eigenvalue weighted by molar-refractivity contribution is 6.02. The predicted molar refractivity (Wildman–Crippen MR) is 94.6 cm³/mol. The lowest BCUT2D eigenvalue weighted by Crippen LogP contribution is -2.16. The molecule has 26 heavy (non-hydrogen) atoms. The van der Waals surface area contributed by atoms with Gasteiger partial charge in [-0.3, -0.25) is 4.79 Å². The highest BCUT2D eigenvalue weighted by Crippen LogP contribution is 2.12. The van der Waals surface area contributed by atoms with Crippen molar-refractivity contribution in [1.29, 1.82) is 0 Å². The standard InChI is InChI=1S/C18H18FN5O2/c1-11-9-17(24-26-11)23-18(25)15-10-16(22-12(2)21-15)20-8-7-13-5-3-4-6-14(13)19/h3-6,9-10H,7-8H2,1-2H3,(H,20,21,22)(H,23,24,25). The van der Waals surface area contributed by atoms with E-state index in [0.29, 0.717) is 41.7 Å². The van der Waals surface area contributed by atoms with Crippen molar-refractivity contribution in [3.8, 4) is 0 Å². The molecule has 0 bridgehead atoms. The maximum Gasteiger partial charge on any atom is 0.275 e. The average Bonchev–Trinajstić information content (AvgIpc) is 3.01. The van der Waals surface area contributed by atoms with Crippen molar-refractivity contribution in [1.82, 2.24) is 15.1 Å². The Labute approximate surface area is 149 Å². The van der Waals surface area contributed by atoms with E-state index in [2.05, 4.69) is 25.8 Å². The zero-order valence-corrected chi connectivity index (χ0v) is 14.4. The number of rotatable bonds is 6. The maximum atomic E-state index is 13.6. The summed E-state index contributed by atoms with van der Waals surface area (Å²) >= 11 is 0. The fourth-order valence-electron chi connectivity index (χ4n) is 2.41. The van der Waals surface area contributed by atoms with Gasteiger partial charge in [0.2, 0.25) is 0 Å². The summed E-state index contributed by atoms with van der Waals surface area (Å²) in [4.78, 5) is 20.7. The van der Waals surface area contributed by atoms with E-state index >= 15 is 0 Å². The molecule has 2 N–H and O–H groups in total. The summed E-state index contributed by atoms with van der Waals surface area (Å²) in [5.74, 6) is 1.20. The van der Waals surface area contributed by atoms with Gasteiger partial charge in [-0.25, -0.2) is 14.4 Å². The third-order valence-corrected chi connectivity index (χ3v) is 3.60. The van der Waals surface area contributed by atoms with Crippen molar-refractivity contribution in [3.05, 3.63) is 65.1 Å². The SMILES string of the molecule is Cc1nc(NCCc2ccccc2F)cc(C(=O)Nc2cc(C)on2)n1. The van der Waals surface area contributed by atoms with Crippen LogP contribution in [0.2, 0.25) is 0 Å². The number of aromatic nitrogens is 3. The summed E-state index contributed by atoms with van der Waals surface area (Å²) in [6.45, 7) is 3.90. The number of benzene rings is 1. The maximum absolute atomic E-state index is 13.6. The van der Waals surface area contributed by atoms with Gasteiger partial charge >= 0.3 is 0 Å². The van der Waals surface area contributed by atoms with Gasteiger partial charge in [-0.1, -0.05) is 23.4 Å². The second-order valence-electron chi connectivity index (χ2n) is 5.73. The first kappa shape index (κ1) is 17.5. The molecule has 3 rings (SSSR count). The fraction of sp³-hybridized carbons (Fsp3) is 0.222. The zero-order valence-electron chi connectivity index (χ0n) is 14.4. The van der Waals surface area contributed by atoms with E-state index < -0.39 is 5.91 Å². The second-order valence-corrected chi connectivity index (χ2v) is 5.73. The van der Waals surface area contributed by atoms with Crippen LogP contribution in [-0.2, 0) is 6.42 Å². The molecule has 2 heterocycles. The van der Waals surface area contributed by atoms with Gasteiger partial charge in [0.05, 0.1) is 0 Å². The Morgan fingerprint density at radius 3 is 2.69 bits per heavy atom. The van der Waals surface area contributed by atoms with Crippen LogP contribution in [0.4, 0.5) is 16.0 Å². The average molecular weight is 355 g/mol. The molecule has 0 unspecified atom stereocenters. The van der Waals surface area contributed by atoms with Gasteiger partial charge in [0.15, 0.2) is 5.82 Å². The Morgan fingerprint density at radius 1 is 1.15 bits per heavy atom. The van der Waals surface area contributed by atoms with Crippen LogP contribution in [0.1, 0.15) is 27.6 Å². The van der Waals surface area contributed by atoms with Gasteiger partial charge in [-0.05, 0) is 31.9 Å². The van der Waals surface area contributed by atoms with E-state index in [1.165, 1.54) is 12.1 Å². The molecular weight excluding hydrogens is 337 g/mol. The normalized spacial score (nSPS) is 10.6. The lowest BCUT2D eigenvalue weighted by Gasteiger charge is -2.09. The minimum atomic E-state index is -0.416. The highest BCUT2D eigenvalue weighted by atomic mass is 19.1. The highest BCUT2D eigenvalue weighted by Gasteiger charge is 2.13. The van der Waals surface area contributed by atoms with Gasteiger partial charge in [-0.2, -0.15) is 0 Å². The quantitative estimate of drug-likeness (QED) is 0.706. The number of nitrogens with zero attached hydrogens (tertiary/aromatic N) is 3. The third-order valence-electron chi connectivity index (χ3n) is 3.60. The molecule has 0 fully saturated rings. The molecule has 7 nitrogen and oxygen atoms in total. The molecule has 0 aliphatic rings. The molecular formula is C18H18FN5O2. The van der Waals surface area contributed by atoms with Gasteiger partial charge in [0, 0.05) is 18.7 Å². The number of carbonyl (C=O) groups excluding carboxylic acids is 1. The van der Waals surface area contributed by atoms with Gasteiger partial charge in [-0.15, -0.1) is 0 Å². The van der Waals surface area contributed by atoms with E-state index in [0.717, 1.165) is 0 Å². The summed E-state index contributed by atoms with van der Waals surface area (Å²) in [6.07, 6.45) is 0.496. The van der Waals surface area contributed by atoms with Crippen LogP contribution in [-0.4, -0.2) is 27.6 Å². The Balaban J connectivity index is 1.65. The molecule has 0 atom stereocenters. The largest absolute Gasteiger partial charge is 0.370 e. The summed E-state index contributed by atoms with van der Waals surface area (Å²) in [7, 11) is 0. The molecule has 0 spiro atoms. The smallest absolute Gasteiger partial charge is 0.275 e. The van der Waals surface area contributed by atoms with E-state index in [1.54, 1.807) is 38.1 Å². The summed E-state index contributed by atoms with van der Waals surface area (Å²) < 4.78 is 18.6. The monoisotopic (exact) mass is 355 g/mol. The molecule has 134 valence electrons. The minimum Gasteiger partial charge on any atom is -0.370 e. The van der Waals surface area contributed by atoms with Crippen LogP contribution in [0.15, 0.2) is 40.9 Å². The van der Waals surface area contributed by atoms with Crippen molar-refractivity contribution in [2.75, 3.05) is 17.2 Å². The van der Waals surface area contributed by atoms with Gasteiger partial charge in [0.1, 0.15) is 28.9 Å². The molecule has 0 aliphatic carbocycles. The number of aryl methyl sites for hydroxylation is 2. The Bertz CT molecular complexity index is 925. The van der Waals surface area contributed by atoms with Crippen LogP contribution in [0.25, 0.3) is 0 Å². The van der Waals surface area contributed by atoms with Gasteiger partial charge in [0.25, 0.3) is 5.91 Å². The number of nitrogens with one attached hydrogen (secondary N) is 2. The van der Waals surface area contributed by atoms with Crippen molar-refractivity contribution in [3.63, 3.8) is 0 Å². The lowest BCUT2D eigenvalue weighted by molar-refractivity contribution is 0.102. The molecule has 0 saturated carbocycles. The van der Waals surface area contributed by atoms with Crippen molar-refractivity contribution in [2.24, 2.45) is 0 Å². The van der Waals surface area contributed by atoms with Crippen LogP contribution in [0, 0.1) is 19.7 Å². The zero-order chi connectivity index (χ0) is 18.5. The number of amides is 1. The third kappa shape index (κ3) is 4.41. The van der Waals surface area contributed by atoms with E-state index in [9.17, 15) is 9.18 Å². The van der Waals surface area contributed by atoms with Crippen LogP contribution in [0.5, 0.6) is 0 Å². The van der Waals surface area contributed by atoms with Crippen molar-refractivity contribution in [2.45, 2.75) is 20.3 Å². The Kier molecular flexibility index (Phi) is 5.21. The van der Waals surface area contributed by atoms with E-state index in [-0.39, 0.29) is 11.5 Å². The molecule has 0 saturated heterocycles. The van der Waals surface area contributed by atoms with Crippen molar-refractivity contribution < 1.29 is 13.7 Å². The lowest BCUT2D eigenvalue weighted by atomic mass is 10.1. The van der Waals surface area contributed by atoms with E-state index in [4.69, 9.17) is 4.52 Å². The Morgan fingerprint density at radius 2 is 1.96 bits per heavy atom. The van der Waals surface area contributed by atoms with Crippen LogP contribution >= 0.6 is 0 Å². The number of hydrogen-bond acceptors (Lipinski definition) is 6. The molecule has 0 aliphatic heterocycles. The minimum absolute atomic E-state index is 0.201. The first-order valence-electron chi connectivity index (χ1n) is 8.09. The second kappa shape index (κ2) is 7.73. The van der Waals surface area contributed by atoms with Crippen LogP contribution in [0.3, 0.4) is 0 Å². The number of hydrogen-bond donors (Lipinski definition) is 2. The Hall–Kier alpha value is -3.29. The molecule has 1 amide bonds. The number of carbonyl (C=O) groups is 1. The topological polar surface area (TPSA) is 92.9 Å². The first-order chi connectivity index (χ1) is 12.5. The predicted octanol–water partition coefficient (Wildman–Crippen LogP) is 3.13. The van der Waals surface area contributed by atoms with Crippen molar-refractivity contribution >= 4 is 17.5 Å². The molecule has 2 aromatic heterocycles.